The zero-order chi connectivity index (χ0) is 41.1. The van der Waals surface area contributed by atoms with E-state index in [0.717, 1.165) is 44.9 Å². The fraction of sp³-hybridized carbons (Fsp3) is 0.905. The number of carboxylic acid groups (broad SMARTS) is 1. The third-order valence-electron chi connectivity index (χ3n) is 17.2. The molecule has 0 bridgehead atoms. The summed E-state index contributed by atoms with van der Waals surface area (Å²) < 4.78 is 23.8. The Morgan fingerprint density at radius 1 is 0.804 bits per heavy atom. The highest BCUT2D eigenvalue weighted by molar-refractivity contribution is 5.87. The lowest BCUT2D eigenvalue weighted by Crippen LogP contribution is -2.68. The van der Waals surface area contributed by atoms with Gasteiger partial charge in [0, 0.05) is 17.3 Å². The van der Waals surface area contributed by atoms with Crippen LogP contribution >= 0.6 is 0 Å². The molecule has 56 heavy (non-hydrogen) atoms. The van der Waals surface area contributed by atoms with Crippen LogP contribution in [0.5, 0.6) is 0 Å². The van der Waals surface area contributed by atoms with E-state index in [1.807, 2.05) is 6.92 Å². The molecule has 0 radical (unpaired) electrons. The number of aliphatic carboxylic acids is 1. The summed E-state index contributed by atoms with van der Waals surface area (Å²) in [5, 5.41) is 84.4. The summed E-state index contributed by atoms with van der Waals surface area (Å²) in [6.07, 6.45) is -8.50. The van der Waals surface area contributed by atoms with Crippen LogP contribution in [0.2, 0.25) is 0 Å². The second-order valence-electron chi connectivity index (χ2n) is 20.6. The highest BCUT2D eigenvalue weighted by atomic mass is 16.8. The molecule has 318 valence electrons. The van der Waals surface area contributed by atoms with Crippen molar-refractivity contribution in [3.05, 3.63) is 11.6 Å². The molecule has 2 aliphatic heterocycles. The summed E-state index contributed by atoms with van der Waals surface area (Å²) >= 11 is 0. The molecule has 0 aromatic rings. The number of hydrogen-bond donors (Lipinski definition) is 8. The Labute approximate surface area is 329 Å². The van der Waals surface area contributed by atoms with Crippen LogP contribution in [0.3, 0.4) is 0 Å². The first kappa shape index (κ1) is 42.6. The minimum atomic E-state index is -1.97. The van der Waals surface area contributed by atoms with Crippen LogP contribution in [0.1, 0.15) is 106 Å². The summed E-state index contributed by atoms with van der Waals surface area (Å²) in [5.74, 6) is -0.705. The summed E-state index contributed by atoms with van der Waals surface area (Å²) in [6, 6.07) is 0. The third-order valence-corrected chi connectivity index (χ3v) is 17.2. The molecule has 0 aromatic heterocycles. The van der Waals surface area contributed by atoms with Crippen molar-refractivity contribution in [3.63, 3.8) is 0 Å². The number of fused-ring (bicyclic) bond motifs is 7. The maximum absolute atomic E-state index is 13.7. The first-order chi connectivity index (χ1) is 26.0. The van der Waals surface area contributed by atoms with Gasteiger partial charge in [0.2, 0.25) is 0 Å². The molecule has 7 rings (SSSR count). The van der Waals surface area contributed by atoms with E-state index in [-0.39, 0.29) is 51.4 Å². The minimum absolute atomic E-state index is 0.0291. The van der Waals surface area contributed by atoms with E-state index in [1.165, 1.54) is 5.57 Å². The highest BCUT2D eigenvalue weighted by Gasteiger charge is 2.70. The third kappa shape index (κ3) is 6.13. The van der Waals surface area contributed by atoms with Gasteiger partial charge in [0.05, 0.1) is 19.3 Å². The number of carboxylic acids is 1. The van der Waals surface area contributed by atoms with Gasteiger partial charge in [-0.3, -0.25) is 4.79 Å². The van der Waals surface area contributed by atoms with Crippen LogP contribution in [0, 0.1) is 50.2 Å². The van der Waals surface area contributed by atoms with E-state index >= 15 is 0 Å². The van der Waals surface area contributed by atoms with Gasteiger partial charge < -0.3 is 59.8 Å². The van der Waals surface area contributed by atoms with Gasteiger partial charge in [-0.2, -0.15) is 0 Å². The quantitative estimate of drug-likeness (QED) is 0.136. The molecule has 6 fully saturated rings. The van der Waals surface area contributed by atoms with E-state index in [9.17, 15) is 50.4 Å². The van der Waals surface area contributed by atoms with Crippen LogP contribution in [-0.2, 0) is 28.5 Å². The molecule has 19 atom stereocenters. The van der Waals surface area contributed by atoms with Crippen molar-refractivity contribution in [1.29, 1.82) is 0 Å². The lowest BCUT2D eigenvalue weighted by molar-refractivity contribution is -0.375. The molecule has 8 N–H and O–H groups in total. The monoisotopic (exact) mass is 794 g/mol. The predicted molar refractivity (Wildman–Crippen MR) is 198 cm³/mol. The molecule has 14 nitrogen and oxygen atoms in total. The summed E-state index contributed by atoms with van der Waals surface area (Å²) in [7, 11) is 0. The number of carbonyl (C=O) groups excluding carboxylic acids is 1. The summed E-state index contributed by atoms with van der Waals surface area (Å²) in [5.41, 5.74) is -0.183. The van der Waals surface area contributed by atoms with Crippen molar-refractivity contribution in [2.45, 2.75) is 174 Å². The average Bonchev–Trinajstić information content (AvgIpc) is 3.13. The molecule has 14 heteroatoms. The van der Waals surface area contributed by atoms with Crippen molar-refractivity contribution >= 4 is 11.8 Å². The number of carbonyl (C=O) groups is 2. The molecular formula is C42H66O14. The number of rotatable bonds is 7. The standard InChI is InChI=1S/C42H66O14/c1-37(2)16-21-20-8-9-24-39(4)12-11-26(40(5,19-44)23(39)10-13-42(24,7)41(20,6)15-14-38(21,3)25(45)17-37)54-36-33(30(49)29(48)32(55-36)34(51)52)56-35-31(50)28(47)27(46)22(18-43)53-35/h8,21-24,26-33,35-36,43-44,46-50H,9-19H2,1-7H3,(H,51,52)/t21-,22+,23+,24+,26-,27-,28-,29-,30-,31+,32-,33-,35-,36+,38+,39-,40+,41+,42+/m0/s1. The van der Waals surface area contributed by atoms with E-state index < -0.39 is 85.5 Å². The molecule has 0 unspecified atom stereocenters. The van der Waals surface area contributed by atoms with Crippen LogP contribution in [0.4, 0.5) is 0 Å². The molecule has 0 spiro atoms. The van der Waals surface area contributed by atoms with Gasteiger partial charge in [0.1, 0.15) is 48.5 Å². The van der Waals surface area contributed by atoms with Crippen LogP contribution < -0.4 is 0 Å². The zero-order valence-electron chi connectivity index (χ0n) is 34.0. The van der Waals surface area contributed by atoms with E-state index in [1.54, 1.807) is 0 Å². The number of Topliss-reactive ketones (excluding diaryl/α,β-unsaturated/α-hetero) is 1. The Kier molecular flexibility index (Phi) is 10.9. The molecule has 5 aliphatic carbocycles. The van der Waals surface area contributed by atoms with E-state index in [0.29, 0.717) is 18.6 Å². The number of allylic oxidation sites excluding steroid dienone is 2. The summed E-state index contributed by atoms with van der Waals surface area (Å²) in [4.78, 5) is 25.9. The molecule has 2 saturated heterocycles. The largest absolute Gasteiger partial charge is 0.479 e. The number of aliphatic hydroxyl groups is 7. The second kappa shape index (κ2) is 14.3. The minimum Gasteiger partial charge on any atom is -0.479 e. The fourth-order valence-corrected chi connectivity index (χ4v) is 13.5. The Balaban J connectivity index is 1.17. The SMILES string of the molecule is CC1(C)CC(=O)[C@]2(C)CC[C@]3(C)C(=CC[C@@H]4[C@@]5(C)CC[C@H](O[C@@H]6O[C@H](C(=O)O)[C@@H](O)[C@H](O)[C@@H]6O[C@@H]6O[C@H](CO)[C@H](O)[C@H](O)[C@H]6O)[C@](C)(CO)[C@@H]5CC[C@]43C)[C@@H]2C1. The normalized spacial score (nSPS) is 54.2. The molecule has 4 saturated carbocycles. The van der Waals surface area contributed by atoms with Crippen LogP contribution in [0.25, 0.3) is 0 Å². The Morgan fingerprint density at radius 2 is 1.50 bits per heavy atom. The van der Waals surface area contributed by atoms with Gasteiger partial charge >= 0.3 is 5.97 Å². The zero-order valence-corrected chi connectivity index (χ0v) is 34.0. The van der Waals surface area contributed by atoms with Gasteiger partial charge in [0.15, 0.2) is 18.7 Å². The van der Waals surface area contributed by atoms with Crippen molar-refractivity contribution in [3.8, 4) is 0 Å². The Morgan fingerprint density at radius 3 is 2.14 bits per heavy atom. The number of hydrogen-bond acceptors (Lipinski definition) is 13. The van der Waals surface area contributed by atoms with Crippen molar-refractivity contribution in [2.75, 3.05) is 13.2 Å². The van der Waals surface area contributed by atoms with Crippen molar-refractivity contribution in [1.82, 2.24) is 0 Å². The van der Waals surface area contributed by atoms with Gasteiger partial charge in [-0.15, -0.1) is 0 Å². The van der Waals surface area contributed by atoms with Crippen LogP contribution in [0.15, 0.2) is 11.6 Å². The molecule has 2 heterocycles. The Bertz CT molecular complexity index is 1570. The van der Waals surface area contributed by atoms with Crippen molar-refractivity contribution < 1.29 is 69.4 Å². The van der Waals surface area contributed by atoms with Crippen molar-refractivity contribution in [2.24, 2.45) is 50.2 Å². The fourth-order valence-electron chi connectivity index (χ4n) is 13.5. The topological polar surface area (TPSA) is 233 Å². The van der Waals surface area contributed by atoms with Crippen LogP contribution in [-0.4, -0.2) is 133 Å². The number of ether oxygens (including phenoxy) is 4. The second-order valence-corrected chi connectivity index (χ2v) is 20.6. The van der Waals surface area contributed by atoms with Gasteiger partial charge in [-0.1, -0.05) is 60.1 Å². The smallest absolute Gasteiger partial charge is 0.335 e. The lowest BCUT2D eigenvalue weighted by atomic mass is 9.33. The number of aliphatic hydroxyl groups excluding tert-OH is 7. The van der Waals surface area contributed by atoms with Gasteiger partial charge in [-0.25, -0.2) is 4.79 Å². The lowest BCUT2D eigenvalue weighted by Gasteiger charge is -2.71. The molecule has 7 aliphatic rings. The maximum Gasteiger partial charge on any atom is 0.335 e. The van der Waals surface area contributed by atoms with Gasteiger partial charge in [0.25, 0.3) is 0 Å². The molecule has 0 aromatic carbocycles. The first-order valence-corrected chi connectivity index (χ1v) is 20.7. The number of ketones is 1. The molecular weight excluding hydrogens is 728 g/mol. The first-order valence-electron chi connectivity index (χ1n) is 20.7. The van der Waals surface area contributed by atoms with E-state index in [2.05, 4.69) is 47.6 Å². The Hall–Kier alpha value is -1.56. The average molecular weight is 795 g/mol. The highest BCUT2D eigenvalue weighted by Crippen LogP contribution is 2.75. The predicted octanol–water partition coefficient (Wildman–Crippen LogP) is 2.06. The van der Waals surface area contributed by atoms with E-state index in [4.69, 9.17) is 18.9 Å². The van der Waals surface area contributed by atoms with Gasteiger partial charge in [-0.05, 0) is 90.8 Å². The summed E-state index contributed by atoms with van der Waals surface area (Å²) in [6.45, 7) is 14.9. The maximum atomic E-state index is 13.7. The molecule has 0 amide bonds.